The molecule has 1 rings (SSSR count). The van der Waals surface area contributed by atoms with Gasteiger partial charge in [0.15, 0.2) is 0 Å². The molecule has 1 heterocycles. The van der Waals surface area contributed by atoms with Gasteiger partial charge in [-0.25, -0.2) is 13.8 Å². The molecule has 0 radical (unpaired) electrons. The lowest BCUT2D eigenvalue weighted by Crippen LogP contribution is -2.25. The molecule has 0 aliphatic heterocycles. The second kappa shape index (κ2) is 4.41. The lowest BCUT2D eigenvalue weighted by atomic mass is 10.4. The smallest absolute Gasteiger partial charge is 0.255 e. The van der Waals surface area contributed by atoms with E-state index in [9.17, 15) is 8.78 Å². The maximum absolute atomic E-state index is 12.0. The average molecular weight is 222 g/mol. The first-order chi connectivity index (χ1) is 6.49. The van der Waals surface area contributed by atoms with Crippen LogP contribution in [0.2, 0.25) is 5.15 Å². The van der Waals surface area contributed by atoms with E-state index in [1.807, 2.05) is 0 Å². The molecule has 6 heteroatoms. The Labute approximate surface area is 85.5 Å². The van der Waals surface area contributed by atoms with Crippen LogP contribution < -0.4 is 10.6 Å². The van der Waals surface area contributed by atoms with Crippen molar-refractivity contribution in [3.05, 3.63) is 17.3 Å². The van der Waals surface area contributed by atoms with Crippen LogP contribution in [0.25, 0.3) is 0 Å². The van der Waals surface area contributed by atoms with E-state index in [4.69, 9.17) is 17.3 Å². The van der Waals surface area contributed by atoms with E-state index in [1.165, 1.54) is 24.1 Å². The highest BCUT2D eigenvalue weighted by atomic mass is 35.5. The molecule has 0 aliphatic carbocycles. The van der Waals surface area contributed by atoms with Gasteiger partial charge in [0.05, 0.1) is 6.54 Å². The molecule has 0 aliphatic rings. The quantitative estimate of drug-likeness (QED) is 0.794. The highest BCUT2D eigenvalue weighted by Crippen LogP contribution is 2.18. The van der Waals surface area contributed by atoms with Crippen molar-refractivity contribution in [3.63, 3.8) is 0 Å². The molecule has 3 nitrogen and oxygen atoms in total. The summed E-state index contributed by atoms with van der Waals surface area (Å²) in [7, 11) is 1.50. The monoisotopic (exact) mass is 221 g/mol. The SMILES string of the molecule is CN(CC(F)F)c1cc(N)cc(Cl)n1. The fourth-order valence-corrected chi connectivity index (χ4v) is 1.21. The summed E-state index contributed by atoms with van der Waals surface area (Å²) in [6.45, 7) is -0.396. The number of halogens is 3. The minimum atomic E-state index is -2.41. The summed E-state index contributed by atoms with van der Waals surface area (Å²) in [5.41, 5.74) is 5.89. The fraction of sp³-hybridized carbons (Fsp3) is 0.375. The van der Waals surface area contributed by atoms with Crippen LogP contribution in [0.15, 0.2) is 12.1 Å². The molecule has 0 saturated heterocycles. The van der Waals surface area contributed by atoms with Crippen molar-refractivity contribution >= 4 is 23.1 Å². The molecule has 1 aromatic heterocycles. The van der Waals surface area contributed by atoms with Gasteiger partial charge in [0.1, 0.15) is 11.0 Å². The van der Waals surface area contributed by atoms with Crippen LogP contribution >= 0.6 is 11.6 Å². The van der Waals surface area contributed by atoms with E-state index in [1.54, 1.807) is 0 Å². The minimum absolute atomic E-state index is 0.195. The van der Waals surface area contributed by atoms with Gasteiger partial charge in [-0.15, -0.1) is 0 Å². The first-order valence-electron chi connectivity index (χ1n) is 3.91. The summed E-state index contributed by atoms with van der Waals surface area (Å²) in [4.78, 5) is 5.16. The van der Waals surface area contributed by atoms with Crippen molar-refractivity contribution in [2.75, 3.05) is 24.2 Å². The van der Waals surface area contributed by atoms with Crippen molar-refractivity contribution in [3.8, 4) is 0 Å². The van der Waals surface area contributed by atoms with Crippen LogP contribution in [-0.4, -0.2) is 25.0 Å². The summed E-state index contributed by atoms with van der Waals surface area (Å²) in [6, 6.07) is 2.95. The number of pyridine rings is 1. The van der Waals surface area contributed by atoms with Gasteiger partial charge in [-0.3, -0.25) is 0 Å². The Morgan fingerprint density at radius 3 is 2.71 bits per heavy atom. The maximum Gasteiger partial charge on any atom is 0.255 e. The first kappa shape index (κ1) is 11.0. The maximum atomic E-state index is 12.0. The Morgan fingerprint density at radius 1 is 1.57 bits per heavy atom. The number of hydrogen-bond acceptors (Lipinski definition) is 3. The summed E-state index contributed by atoms with van der Waals surface area (Å²) >= 11 is 5.63. The third kappa shape index (κ3) is 2.99. The molecule has 0 saturated carbocycles. The molecule has 0 atom stereocenters. The molecule has 1 aromatic rings. The molecule has 0 spiro atoms. The lowest BCUT2D eigenvalue weighted by Gasteiger charge is -2.17. The van der Waals surface area contributed by atoms with Gasteiger partial charge in [0.25, 0.3) is 6.43 Å². The van der Waals surface area contributed by atoms with E-state index in [0.717, 1.165) is 0 Å². The molecule has 78 valence electrons. The first-order valence-corrected chi connectivity index (χ1v) is 4.29. The van der Waals surface area contributed by atoms with Crippen molar-refractivity contribution in [2.45, 2.75) is 6.43 Å². The number of alkyl halides is 2. The van der Waals surface area contributed by atoms with Gasteiger partial charge in [0, 0.05) is 18.8 Å². The Kier molecular flexibility index (Phi) is 3.46. The second-order valence-corrected chi connectivity index (χ2v) is 3.24. The van der Waals surface area contributed by atoms with Gasteiger partial charge < -0.3 is 10.6 Å². The summed E-state index contributed by atoms with van der Waals surface area (Å²) in [5.74, 6) is 0.343. The second-order valence-electron chi connectivity index (χ2n) is 2.85. The minimum Gasteiger partial charge on any atom is -0.399 e. The predicted molar refractivity (Wildman–Crippen MR) is 52.9 cm³/mol. The van der Waals surface area contributed by atoms with Gasteiger partial charge >= 0.3 is 0 Å². The number of nitrogens with two attached hydrogens (primary N) is 1. The van der Waals surface area contributed by atoms with Gasteiger partial charge in [-0.1, -0.05) is 11.6 Å². The highest BCUT2D eigenvalue weighted by Gasteiger charge is 2.10. The molecule has 2 N–H and O–H groups in total. The van der Waals surface area contributed by atoms with E-state index in [2.05, 4.69) is 4.98 Å². The van der Waals surface area contributed by atoms with Crippen LogP contribution in [0, 0.1) is 0 Å². The zero-order chi connectivity index (χ0) is 10.7. The summed E-state index contributed by atoms with van der Waals surface area (Å²) < 4.78 is 24.1. The molecule has 14 heavy (non-hydrogen) atoms. The molecular weight excluding hydrogens is 212 g/mol. The number of aromatic nitrogens is 1. The predicted octanol–water partition coefficient (Wildman–Crippen LogP) is 2.02. The third-order valence-corrected chi connectivity index (χ3v) is 1.80. The molecule has 0 bridgehead atoms. The van der Waals surface area contributed by atoms with Crippen LogP contribution in [0.4, 0.5) is 20.3 Å². The Balaban J connectivity index is 2.84. The van der Waals surface area contributed by atoms with E-state index < -0.39 is 13.0 Å². The fourth-order valence-electron chi connectivity index (χ4n) is 0.998. The zero-order valence-corrected chi connectivity index (χ0v) is 8.30. The van der Waals surface area contributed by atoms with Crippen molar-refractivity contribution in [2.24, 2.45) is 0 Å². The Bertz CT molecular complexity index is 299. The number of nitrogens with zero attached hydrogens (tertiary/aromatic N) is 2. The van der Waals surface area contributed by atoms with Crippen LogP contribution in [0.5, 0.6) is 0 Å². The van der Waals surface area contributed by atoms with Gasteiger partial charge in [-0.05, 0) is 6.07 Å². The van der Waals surface area contributed by atoms with Crippen LogP contribution in [0.1, 0.15) is 0 Å². The number of rotatable bonds is 3. The Morgan fingerprint density at radius 2 is 2.21 bits per heavy atom. The van der Waals surface area contributed by atoms with Crippen LogP contribution in [-0.2, 0) is 0 Å². The molecule has 0 aromatic carbocycles. The van der Waals surface area contributed by atoms with E-state index >= 15 is 0 Å². The lowest BCUT2D eigenvalue weighted by molar-refractivity contribution is 0.156. The number of anilines is 2. The normalized spacial score (nSPS) is 10.6. The van der Waals surface area contributed by atoms with E-state index in [-0.39, 0.29) is 5.15 Å². The molecule has 0 unspecified atom stereocenters. The topological polar surface area (TPSA) is 42.1 Å². The number of nitrogen functional groups attached to an aromatic ring is 1. The van der Waals surface area contributed by atoms with Crippen molar-refractivity contribution in [1.29, 1.82) is 0 Å². The number of hydrogen-bond donors (Lipinski definition) is 1. The van der Waals surface area contributed by atoms with Gasteiger partial charge in [-0.2, -0.15) is 0 Å². The summed E-state index contributed by atoms with van der Waals surface area (Å²) in [5, 5.41) is 0.195. The van der Waals surface area contributed by atoms with E-state index in [0.29, 0.717) is 11.5 Å². The van der Waals surface area contributed by atoms with Crippen LogP contribution in [0.3, 0.4) is 0 Å². The summed E-state index contributed by atoms with van der Waals surface area (Å²) in [6.07, 6.45) is -2.41. The largest absolute Gasteiger partial charge is 0.399 e. The van der Waals surface area contributed by atoms with Gasteiger partial charge in [0.2, 0.25) is 0 Å². The van der Waals surface area contributed by atoms with Crippen molar-refractivity contribution in [1.82, 2.24) is 4.98 Å². The molecule has 0 fully saturated rings. The molecule has 0 amide bonds. The highest BCUT2D eigenvalue weighted by molar-refractivity contribution is 6.29. The molecular formula is C8H10ClF2N3. The zero-order valence-electron chi connectivity index (χ0n) is 7.54. The average Bonchev–Trinajstić information content (AvgIpc) is 2.00. The van der Waals surface area contributed by atoms with Crippen molar-refractivity contribution < 1.29 is 8.78 Å². The Hall–Kier alpha value is -1.10. The third-order valence-electron chi connectivity index (χ3n) is 1.61. The standard InChI is InChI=1S/C8H10ClF2N3/c1-14(4-7(10)11)8-3-5(12)2-6(9)13-8/h2-3,7H,4H2,1H3,(H2,12,13).